The summed E-state index contributed by atoms with van der Waals surface area (Å²) in [7, 11) is 0. The maximum atomic E-state index is 14.5. The third kappa shape index (κ3) is 4.86. The van der Waals surface area contributed by atoms with Crippen molar-refractivity contribution in [2.24, 2.45) is 23.7 Å². The van der Waals surface area contributed by atoms with Gasteiger partial charge in [0.1, 0.15) is 5.82 Å². The molecular formula is C28H39F. The molecule has 0 heterocycles. The Bertz CT molecular complexity index is 791. The average molecular weight is 395 g/mol. The molecule has 158 valence electrons. The second-order valence-electron chi connectivity index (χ2n) is 9.96. The third-order valence-corrected chi connectivity index (χ3v) is 8.35. The fourth-order valence-electron chi connectivity index (χ4n) is 6.20. The molecule has 2 aliphatic carbocycles. The van der Waals surface area contributed by atoms with E-state index in [1.54, 1.807) is 0 Å². The number of halogens is 1. The topological polar surface area (TPSA) is 0 Å². The van der Waals surface area contributed by atoms with Crippen LogP contribution in [0.15, 0.2) is 30.3 Å². The summed E-state index contributed by atoms with van der Waals surface area (Å²) in [6.07, 6.45) is 16.4. The van der Waals surface area contributed by atoms with Crippen molar-refractivity contribution in [1.29, 1.82) is 0 Å². The van der Waals surface area contributed by atoms with Crippen molar-refractivity contribution in [3.05, 3.63) is 47.3 Å². The van der Waals surface area contributed by atoms with Gasteiger partial charge in [0.25, 0.3) is 0 Å². The standard InChI is InChI=1S/C28H39F/c1-3-20-7-12-24(13-8-20)25-14-9-21(10-15-25)5-6-22-11-18-27-26(19-22)17-16-23(4-2)28(27)29/h11,16-21,24-25H,3-10,12-15H2,1-2H3. The molecule has 2 saturated carbocycles. The van der Waals surface area contributed by atoms with Crippen LogP contribution in [0, 0.1) is 29.5 Å². The Balaban J connectivity index is 1.27. The summed E-state index contributed by atoms with van der Waals surface area (Å²) in [5, 5.41) is 1.84. The van der Waals surface area contributed by atoms with Crippen molar-refractivity contribution >= 4 is 10.8 Å². The first-order valence-electron chi connectivity index (χ1n) is 12.4. The summed E-state index contributed by atoms with van der Waals surface area (Å²) in [4.78, 5) is 0. The molecule has 0 radical (unpaired) electrons. The zero-order chi connectivity index (χ0) is 20.2. The maximum Gasteiger partial charge on any atom is 0.134 e. The van der Waals surface area contributed by atoms with Gasteiger partial charge in [-0.15, -0.1) is 0 Å². The molecule has 2 aliphatic rings. The number of hydrogen-bond acceptors (Lipinski definition) is 0. The van der Waals surface area contributed by atoms with E-state index in [0.717, 1.165) is 52.8 Å². The lowest BCUT2D eigenvalue weighted by Crippen LogP contribution is -2.25. The van der Waals surface area contributed by atoms with Gasteiger partial charge < -0.3 is 0 Å². The summed E-state index contributed by atoms with van der Waals surface area (Å²) in [6.45, 7) is 4.38. The van der Waals surface area contributed by atoms with Gasteiger partial charge in [-0.25, -0.2) is 4.39 Å². The first-order chi connectivity index (χ1) is 14.2. The monoisotopic (exact) mass is 394 g/mol. The van der Waals surface area contributed by atoms with Crippen LogP contribution in [-0.4, -0.2) is 0 Å². The summed E-state index contributed by atoms with van der Waals surface area (Å²) in [5.41, 5.74) is 2.20. The molecule has 1 heteroatoms. The minimum atomic E-state index is -0.0251. The molecule has 0 aromatic heterocycles. The molecule has 0 N–H and O–H groups in total. The second kappa shape index (κ2) is 9.63. The van der Waals surface area contributed by atoms with Crippen LogP contribution in [0.25, 0.3) is 10.8 Å². The Hall–Kier alpha value is -1.37. The summed E-state index contributed by atoms with van der Waals surface area (Å²) < 4.78 is 14.5. The fraction of sp³-hybridized carbons (Fsp3) is 0.643. The average Bonchev–Trinajstić information content (AvgIpc) is 2.78. The van der Waals surface area contributed by atoms with Gasteiger partial charge in [0.2, 0.25) is 0 Å². The SMILES string of the molecule is CCc1ccc2cc(CCC3CCC(C4CCC(CC)CC4)CC3)ccc2c1F. The van der Waals surface area contributed by atoms with Gasteiger partial charge in [-0.2, -0.15) is 0 Å². The van der Waals surface area contributed by atoms with Crippen LogP contribution in [0.3, 0.4) is 0 Å². The summed E-state index contributed by atoms with van der Waals surface area (Å²) in [5.74, 6) is 3.94. The van der Waals surface area contributed by atoms with Crippen LogP contribution in [0.4, 0.5) is 4.39 Å². The summed E-state index contributed by atoms with van der Waals surface area (Å²) >= 11 is 0. The molecular weight excluding hydrogens is 355 g/mol. The highest BCUT2D eigenvalue weighted by Crippen LogP contribution is 2.42. The number of rotatable bonds is 6. The van der Waals surface area contributed by atoms with E-state index in [0.29, 0.717) is 0 Å². The first kappa shape index (κ1) is 20.9. The molecule has 0 spiro atoms. The predicted octanol–water partition coefficient (Wildman–Crippen LogP) is 8.50. The maximum absolute atomic E-state index is 14.5. The lowest BCUT2D eigenvalue weighted by molar-refractivity contribution is 0.142. The highest BCUT2D eigenvalue weighted by Gasteiger charge is 2.30. The lowest BCUT2D eigenvalue weighted by atomic mass is 9.68. The largest absolute Gasteiger partial charge is 0.206 e. The van der Waals surface area contributed by atoms with E-state index in [2.05, 4.69) is 25.1 Å². The second-order valence-corrected chi connectivity index (χ2v) is 9.96. The van der Waals surface area contributed by atoms with Crippen molar-refractivity contribution in [2.45, 2.75) is 90.9 Å². The van der Waals surface area contributed by atoms with E-state index in [4.69, 9.17) is 0 Å². The van der Waals surface area contributed by atoms with Crippen LogP contribution in [0.1, 0.15) is 89.2 Å². The van der Waals surface area contributed by atoms with Gasteiger partial charge in [-0.3, -0.25) is 0 Å². The number of hydrogen-bond donors (Lipinski definition) is 0. The van der Waals surface area contributed by atoms with Crippen molar-refractivity contribution < 1.29 is 4.39 Å². The molecule has 0 nitrogen and oxygen atoms in total. The molecule has 0 aliphatic heterocycles. The fourth-order valence-corrected chi connectivity index (χ4v) is 6.20. The van der Waals surface area contributed by atoms with E-state index in [1.165, 1.54) is 69.8 Å². The zero-order valence-electron chi connectivity index (χ0n) is 18.6. The Morgan fingerprint density at radius 3 is 2.07 bits per heavy atom. The number of benzene rings is 2. The number of aryl methyl sites for hydroxylation is 2. The third-order valence-electron chi connectivity index (χ3n) is 8.35. The van der Waals surface area contributed by atoms with Gasteiger partial charge in [0.05, 0.1) is 0 Å². The van der Waals surface area contributed by atoms with Gasteiger partial charge in [0, 0.05) is 5.39 Å². The van der Waals surface area contributed by atoms with Crippen LogP contribution in [-0.2, 0) is 12.8 Å². The quantitative estimate of drug-likeness (QED) is 0.460. The molecule has 0 amide bonds. The van der Waals surface area contributed by atoms with E-state index in [-0.39, 0.29) is 5.82 Å². The Labute approximate surface area is 177 Å². The smallest absolute Gasteiger partial charge is 0.134 e. The molecule has 4 rings (SSSR count). The van der Waals surface area contributed by atoms with Gasteiger partial charge >= 0.3 is 0 Å². The molecule has 2 fully saturated rings. The Kier molecular flexibility index (Phi) is 6.93. The van der Waals surface area contributed by atoms with Gasteiger partial charge in [-0.05, 0) is 85.1 Å². The van der Waals surface area contributed by atoms with Crippen molar-refractivity contribution in [3.63, 3.8) is 0 Å². The number of fused-ring (bicyclic) bond motifs is 1. The van der Waals surface area contributed by atoms with Crippen molar-refractivity contribution in [2.75, 3.05) is 0 Å². The zero-order valence-corrected chi connectivity index (χ0v) is 18.6. The lowest BCUT2D eigenvalue weighted by Gasteiger charge is -2.37. The van der Waals surface area contributed by atoms with E-state index < -0.39 is 0 Å². The van der Waals surface area contributed by atoms with Crippen molar-refractivity contribution in [1.82, 2.24) is 0 Å². The van der Waals surface area contributed by atoms with Crippen molar-refractivity contribution in [3.8, 4) is 0 Å². The highest BCUT2D eigenvalue weighted by atomic mass is 19.1. The molecule has 2 aromatic rings. The normalized spacial score (nSPS) is 28.0. The highest BCUT2D eigenvalue weighted by molar-refractivity contribution is 5.84. The van der Waals surface area contributed by atoms with Crippen LogP contribution in [0.5, 0.6) is 0 Å². The van der Waals surface area contributed by atoms with Gasteiger partial charge in [0.15, 0.2) is 0 Å². The Morgan fingerprint density at radius 2 is 1.45 bits per heavy atom. The van der Waals surface area contributed by atoms with Crippen LogP contribution < -0.4 is 0 Å². The summed E-state index contributed by atoms with van der Waals surface area (Å²) in [6, 6.07) is 10.4. The first-order valence-corrected chi connectivity index (χ1v) is 12.4. The van der Waals surface area contributed by atoms with Crippen LogP contribution >= 0.6 is 0 Å². The molecule has 2 aromatic carbocycles. The minimum Gasteiger partial charge on any atom is -0.206 e. The minimum absolute atomic E-state index is 0.0251. The molecule has 29 heavy (non-hydrogen) atoms. The predicted molar refractivity (Wildman–Crippen MR) is 123 cm³/mol. The molecule has 0 bridgehead atoms. The van der Waals surface area contributed by atoms with E-state index in [9.17, 15) is 4.39 Å². The van der Waals surface area contributed by atoms with E-state index in [1.807, 2.05) is 19.1 Å². The molecule has 0 atom stereocenters. The molecule has 0 unspecified atom stereocenters. The van der Waals surface area contributed by atoms with Gasteiger partial charge in [-0.1, -0.05) is 76.3 Å². The molecule has 0 saturated heterocycles. The van der Waals surface area contributed by atoms with Crippen LogP contribution in [0.2, 0.25) is 0 Å². The Morgan fingerprint density at radius 1 is 0.793 bits per heavy atom. The van der Waals surface area contributed by atoms with E-state index >= 15 is 0 Å².